The smallest absolute Gasteiger partial charge is 0.377 e. The van der Waals surface area contributed by atoms with Crippen molar-refractivity contribution in [3.05, 3.63) is 71.8 Å². The molecule has 0 bridgehead atoms. The quantitative estimate of drug-likeness (QED) is 0.143. The predicted molar refractivity (Wildman–Crippen MR) is 118 cm³/mol. The number of phosphoric ester groups is 1. The van der Waals surface area contributed by atoms with E-state index in [-0.39, 0.29) is 52.8 Å². The Bertz CT molecular complexity index is 855. The monoisotopic (exact) mass is 521 g/mol. The SMILES string of the molecule is O=C(NCCOCCOCCOOP(=O)(OCc1ccccc1)OCc1ccccc1)C(F)(F)F. The summed E-state index contributed by atoms with van der Waals surface area (Å²) in [5.41, 5.74) is 1.53. The van der Waals surface area contributed by atoms with Gasteiger partial charge in [-0.2, -0.15) is 13.2 Å². The third kappa shape index (κ3) is 12.8. The second-order valence-corrected chi connectivity index (χ2v) is 8.40. The molecule has 0 aliphatic heterocycles. The molecule has 2 aromatic rings. The fourth-order valence-corrected chi connectivity index (χ4v) is 3.37. The maximum Gasteiger partial charge on any atom is 0.502 e. The van der Waals surface area contributed by atoms with Gasteiger partial charge in [0.15, 0.2) is 0 Å². The van der Waals surface area contributed by atoms with Crippen LogP contribution in [0.5, 0.6) is 0 Å². The summed E-state index contributed by atoms with van der Waals surface area (Å²) in [6, 6.07) is 18.1. The zero-order valence-corrected chi connectivity index (χ0v) is 19.7. The number of amides is 1. The minimum atomic E-state index is -4.92. The van der Waals surface area contributed by atoms with E-state index in [0.717, 1.165) is 11.1 Å². The first-order valence-electron chi connectivity index (χ1n) is 10.6. The number of halogens is 3. The van der Waals surface area contributed by atoms with Crippen molar-refractivity contribution >= 4 is 13.7 Å². The largest absolute Gasteiger partial charge is 0.502 e. The molecule has 0 saturated heterocycles. The summed E-state index contributed by atoms with van der Waals surface area (Å²) >= 11 is 0. The van der Waals surface area contributed by atoms with Gasteiger partial charge >= 0.3 is 19.9 Å². The third-order valence-electron chi connectivity index (χ3n) is 4.08. The lowest BCUT2D eigenvalue weighted by Crippen LogP contribution is -2.38. The number of phosphoric acid groups is 1. The highest BCUT2D eigenvalue weighted by molar-refractivity contribution is 7.48. The zero-order chi connectivity index (χ0) is 25.4. The predicted octanol–water partition coefficient (Wildman–Crippen LogP) is 4.19. The van der Waals surface area contributed by atoms with Crippen LogP contribution in [-0.2, 0) is 50.7 Å². The molecule has 1 N–H and O–H groups in total. The second-order valence-electron chi connectivity index (χ2n) is 6.84. The maximum atomic E-state index is 13.0. The summed E-state index contributed by atoms with van der Waals surface area (Å²) < 4.78 is 75.0. The Morgan fingerprint density at radius 3 is 1.77 bits per heavy atom. The van der Waals surface area contributed by atoms with E-state index in [2.05, 4.69) is 0 Å². The first-order chi connectivity index (χ1) is 16.8. The lowest BCUT2D eigenvalue weighted by molar-refractivity contribution is -0.235. The van der Waals surface area contributed by atoms with E-state index >= 15 is 0 Å². The maximum absolute atomic E-state index is 13.0. The fourth-order valence-electron chi connectivity index (χ4n) is 2.39. The van der Waals surface area contributed by atoms with Crippen LogP contribution in [0.1, 0.15) is 11.1 Å². The Kier molecular flexibility index (Phi) is 12.9. The van der Waals surface area contributed by atoms with Gasteiger partial charge < -0.3 is 14.8 Å². The molecule has 0 aliphatic rings. The summed E-state index contributed by atoms with van der Waals surface area (Å²) in [6.45, 7) is -0.283. The molecular formula is C22H27F3NO8P. The number of alkyl halides is 3. The van der Waals surface area contributed by atoms with E-state index in [1.165, 1.54) is 0 Å². The molecule has 0 spiro atoms. The van der Waals surface area contributed by atoms with Gasteiger partial charge in [0.25, 0.3) is 0 Å². The number of benzene rings is 2. The van der Waals surface area contributed by atoms with Gasteiger partial charge in [0.2, 0.25) is 0 Å². The van der Waals surface area contributed by atoms with Crippen molar-refractivity contribution in [1.29, 1.82) is 0 Å². The van der Waals surface area contributed by atoms with E-state index in [4.69, 9.17) is 28.1 Å². The van der Waals surface area contributed by atoms with Crippen molar-refractivity contribution in [3.8, 4) is 0 Å². The molecule has 0 unspecified atom stereocenters. The Morgan fingerprint density at radius 1 is 0.771 bits per heavy atom. The number of ether oxygens (including phenoxy) is 2. The lowest BCUT2D eigenvalue weighted by Gasteiger charge is -2.17. The van der Waals surface area contributed by atoms with Crippen LogP contribution in [0.4, 0.5) is 13.2 Å². The van der Waals surface area contributed by atoms with Gasteiger partial charge in [-0.15, -0.1) is 4.67 Å². The van der Waals surface area contributed by atoms with E-state index in [1.807, 2.05) is 36.4 Å². The number of rotatable bonds is 17. The van der Waals surface area contributed by atoms with Crippen LogP contribution in [0.2, 0.25) is 0 Å². The van der Waals surface area contributed by atoms with Crippen LogP contribution >= 0.6 is 7.82 Å². The highest BCUT2D eigenvalue weighted by atomic mass is 31.2. The Hall–Kier alpha value is -2.31. The van der Waals surface area contributed by atoms with E-state index in [0.29, 0.717) is 0 Å². The van der Waals surface area contributed by atoms with Gasteiger partial charge in [-0.3, -0.25) is 13.8 Å². The van der Waals surface area contributed by atoms with E-state index in [1.54, 1.807) is 29.6 Å². The van der Waals surface area contributed by atoms with Crippen molar-refractivity contribution in [3.63, 3.8) is 0 Å². The summed E-state index contributed by atoms with van der Waals surface area (Å²) in [6.07, 6.45) is -4.92. The Morgan fingerprint density at radius 2 is 1.26 bits per heavy atom. The molecule has 2 aromatic carbocycles. The van der Waals surface area contributed by atoms with Gasteiger partial charge in [-0.1, -0.05) is 60.7 Å². The second kappa shape index (κ2) is 15.6. The van der Waals surface area contributed by atoms with Gasteiger partial charge in [-0.25, -0.2) is 9.45 Å². The van der Waals surface area contributed by atoms with Crippen molar-refractivity contribution in [2.45, 2.75) is 19.4 Å². The average molecular weight is 521 g/mol. The van der Waals surface area contributed by atoms with Gasteiger partial charge in [0.1, 0.15) is 6.61 Å². The molecule has 1 amide bonds. The van der Waals surface area contributed by atoms with Crippen molar-refractivity contribution in [1.82, 2.24) is 5.32 Å². The van der Waals surface area contributed by atoms with Gasteiger partial charge in [0, 0.05) is 6.54 Å². The normalized spacial score (nSPS) is 12.0. The standard InChI is InChI=1S/C22H27F3NO8P/c23-22(24,25)21(27)26-11-12-29-13-14-30-15-16-31-34-35(28,32-17-19-7-3-1-4-8-19)33-18-20-9-5-2-6-10-20/h1-10H,11-18H2,(H,26,27). The molecule has 0 radical (unpaired) electrons. The molecule has 9 nitrogen and oxygen atoms in total. The molecule has 194 valence electrons. The van der Waals surface area contributed by atoms with Crippen LogP contribution in [0.15, 0.2) is 60.7 Å². The Labute approximate surface area is 201 Å². The number of carbonyl (C=O) groups excluding carboxylic acids is 1. The number of nitrogens with one attached hydrogen (secondary N) is 1. The Balaban J connectivity index is 1.62. The molecule has 0 fully saturated rings. The van der Waals surface area contributed by atoms with Crippen molar-refractivity contribution in [2.75, 3.05) is 39.6 Å². The molecule has 0 saturated carbocycles. The minimum absolute atomic E-state index is 0.0203. The first kappa shape index (κ1) is 28.9. The van der Waals surface area contributed by atoms with Crippen LogP contribution in [0.25, 0.3) is 0 Å². The third-order valence-corrected chi connectivity index (χ3v) is 5.26. The number of carbonyl (C=O) groups is 1. The zero-order valence-electron chi connectivity index (χ0n) is 18.8. The summed E-state index contributed by atoms with van der Waals surface area (Å²) in [5, 5.41) is 1.68. The van der Waals surface area contributed by atoms with Gasteiger partial charge in [0.05, 0.1) is 39.6 Å². The highest BCUT2D eigenvalue weighted by Crippen LogP contribution is 2.51. The van der Waals surface area contributed by atoms with Crippen molar-refractivity contribution in [2.24, 2.45) is 0 Å². The van der Waals surface area contributed by atoms with E-state index in [9.17, 15) is 22.5 Å². The minimum Gasteiger partial charge on any atom is -0.377 e. The molecule has 35 heavy (non-hydrogen) atoms. The number of hydrogen-bond donors (Lipinski definition) is 1. The van der Waals surface area contributed by atoms with E-state index < -0.39 is 19.9 Å². The van der Waals surface area contributed by atoms with Crippen LogP contribution in [-0.4, -0.2) is 51.7 Å². The first-order valence-corrected chi connectivity index (χ1v) is 12.0. The summed E-state index contributed by atoms with van der Waals surface area (Å²) in [7, 11) is -4.06. The average Bonchev–Trinajstić information content (AvgIpc) is 2.85. The number of hydrogen-bond acceptors (Lipinski definition) is 8. The molecule has 13 heteroatoms. The molecule has 0 aromatic heterocycles. The fraction of sp³-hybridized carbons (Fsp3) is 0.409. The van der Waals surface area contributed by atoms with Crippen LogP contribution in [0, 0.1) is 0 Å². The molecular weight excluding hydrogens is 494 g/mol. The topological polar surface area (TPSA) is 102 Å². The lowest BCUT2D eigenvalue weighted by atomic mass is 10.2. The van der Waals surface area contributed by atoms with Crippen molar-refractivity contribution < 1.29 is 50.6 Å². The molecule has 2 rings (SSSR count). The molecule has 0 atom stereocenters. The van der Waals surface area contributed by atoms with Crippen LogP contribution < -0.4 is 5.32 Å². The molecule has 0 aliphatic carbocycles. The molecule has 0 heterocycles. The van der Waals surface area contributed by atoms with Crippen LogP contribution in [0.3, 0.4) is 0 Å². The summed E-state index contributed by atoms with van der Waals surface area (Å²) in [5.74, 6) is -2.02. The summed E-state index contributed by atoms with van der Waals surface area (Å²) in [4.78, 5) is 15.6. The highest BCUT2D eigenvalue weighted by Gasteiger charge is 2.38. The van der Waals surface area contributed by atoms with Gasteiger partial charge in [-0.05, 0) is 11.1 Å².